The van der Waals surface area contributed by atoms with Gasteiger partial charge in [-0.05, 0) is 61.2 Å². The third-order valence-corrected chi connectivity index (χ3v) is 6.79. The Kier molecular flexibility index (Phi) is 4.17. The lowest BCUT2D eigenvalue weighted by Crippen LogP contribution is -2.32. The van der Waals surface area contributed by atoms with Crippen molar-refractivity contribution >= 4 is 50.5 Å². The van der Waals surface area contributed by atoms with Crippen LogP contribution in [0.25, 0.3) is 0 Å². The highest BCUT2D eigenvalue weighted by atomic mass is 35.5. The second-order valence-corrected chi connectivity index (χ2v) is 9.09. The van der Waals surface area contributed by atoms with Gasteiger partial charge in [0.25, 0.3) is 10.0 Å². The van der Waals surface area contributed by atoms with Crippen molar-refractivity contribution in [3.05, 3.63) is 51.5 Å². The van der Waals surface area contributed by atoms with Gasteiger partial charge < -0.3 is 4.90 Å². The molecule has 4 rings (SSSR count). The number of nitrogens with zero attached hydrogens (tertiary/aromatic N) is 1. The molecule has 0 aromatic heterocycles. The molecule has 2 aromatic carbocycles. The van der Waals surface area contributed by atoms with Crippen molar-refractivity contribution in [3.8, 4) is 0 Å². The number of halogens is 2. The van der Waals surface area contributed by atoms with Crippen molar-refractivity contribution in [3.63, 3.8) is 0 Å². The van der Waals surface area contributed by atoms with Gasteiger partial charge in [0.05, 0.1) is 27.2 Å². The zero-order valence-corrected chi connectivity index (χ0v) is 16.2. The summed E-state index contributed by atoms with van der Waals surface area (Å²) in [6.07, 6.45) is 1.57. The van der Waals surface area contributed by atoms with Gasteiger partial charge in [-0.15, -0.1) is 0 Å². The van der Waals surface area contributed by atoms with Crippen molar-refractivity contribution < 1.29 is 13.2 Å². The zero-order chi connectivity index (χ0) is 18.6. The van der Waals surface area contributed by atoms with Crippen LogP contribution in [0.2, 0.25) is 10.0 Å². The summed E-state index contributed by atoms with van der Waals surface area (Å²) < 4.78 is 28.3. The van der Waals surface area contributed by atoms with Crippen LogP contribution < -0.4 is 9.62 Å². The number of hydrogen-bond donors (Lipinski definition) is 1. The van der Waals surface area contributed by atoms with E-state index in [9.17, 15) is 13.2 Å². The molecule has 0 radical (unpaired) electrons. The molecular formula is C18H16Cl2N2O3S. The van der Waals surface area contributed by atoms with E-state index in [1.54, 1.807) is 23.1 Å². The van der Waals surface area contributed by atoms with E-state index in [-0.39, 0.29) is 27.4 Å². The van der Waals surface area contributed by atoms with Crippen molar-refractivity contribution in [2.75, 3.05) is 16.2 Å². The van der Waals surface area contributed by atoms with E-state index < -0.39 is 10.0 Å². The number of anilines is 2. The molecule has 0 bridgehead atoms. The number of aryl methyl sites for hydroxylation is 1. The summed E-state index contributed by atoms with van der Waals surface area (Å²) in [4.78, 5) is 14.3. The van der Waals surface area contributed by atoms with Crippen LogP contribution in [0, 0.1) is 0 Å². The van der Waals surface area contributed by atoms with Crippen LogP contribution in [0.1, 0.15) is 30.4 Å². The molecule has 26 heavy (non-hydrogen) atoms. The van der Waals surface area contributed by atoms with Gasteiger partial charge in [-0.2, -0.15) is 0 Å². The van der Waals surface area contributed by atoms with Crippen molar-refractivity contribution in [2.45, 2.75) is 30.6 Å². The van der Waals surface area contributed by atoms with Crippen LogP contribution in [0.4, 0.5) is 11.4 Å². The van der Waals surface area contributed by atoms with Gasteiger partial charge in [0.15, 0.2) is 0 Å². The predicted octanol–water partition coefficient (Wildman–Crippen LogP) is 4.19. The van der Waals surface area contributed by atoms with E-state index in [4.69, 9.17) is 23.2 Å². The minimum atomic E-state index is -3.86. The number of hydrogen-bond acceptors (Lipinski definition) is 3. The van der Waals surface area contributed by atoms with Crippen LogP contribution in [0.3, 0.4) is 0 Å². The Balaban J connectivity index is 1.79. The minimum Gasteiger partial charge on any atom is -0.311 e. The van der Waals surface area contributed by atoms with Crippen LogP contribution in [0.15, 0.2) is 35.2 Å². The van der Waals surface area contributed by atoms with Crippen LogP contribution in [-0.2, 0) is 21.2 Å². The number of amides is 1. The number of carbonyl (C=O) groups is 1. The maximum atomic E-state index is 12.9. The first-order chi connectivity index (χ1) is 12.3. The summed E-state index contributed by atoms with van der Waals surface area (Å²) in [7, 11) is -3.86. The predicted molar refractivity (Wildman–Crippen MR) is 103 cm³/mol. The quantitative estimate of drug-likeness (QED) is 0.824. The summed E-state index contributed by atoms with van der Waals surface area (Å²) in [5, 5.41) is 0.640. The Hall–Kier alpha value is -1.76. The van der Waals surface area contributed by atoms with Crippen LogP contribution in [-0.4, -0.2) is 20.9 Å². The standard InChI is InChI=1S/C18H16Cl2N2O3S/c1-10-14-9-13(7-11-3-2-6-22(17(11)14)18(10)23)26(24,25)21-16-8-12(19)4-5-15(16)20/h4-5,7-10,21H,2-3,6H2,1H3/t10-/m0/s1. The Morgan fingerprint density at radius 3 is 2.73 bits per heavy atom. The van der Waals surface area contributed by atoms with Gasteiger partial charge in [-0.1, -0.05) is 23.2 Å². The lowest BCUT2D eigenvalue weighted by molar-refractivity contribution is -0.119. The first kappa shape index (κ1) is 17.6. The average Bonchev–Trinajstić information content (AvgIpc) is 2.85. The second-order valence-electron chi connectivity index (χ2n) is 6.57. The number of nitrogens with one attached hydrogen (secondary N) is 1. The molecular weight excluding hydrogens is 395 g/mol. The van der Waals surface area contributed by atoms with E-state index in [1.165, 1.54) is 12.1 Å². The van der Waals surface area contributed by atoms with E-state index in [1.807, 2.05) is 6.92 Å². The Morgan fingerprint density at radius 1 is 1.19 bits per heavy atom. The average molecular weight is 411 g/mol. The number of sulfonamides is 1. The first-order valence-electron chi connectivity index (χ1n) is 8.24. The zero-order valence-electron chi connectivity index (χ0n) is 13.9. The third kappa shape index (κ3) is 2.76. The monoisotopic (exact) mass is 410 g/mol. The molecule has 2 aliphatic rings. The summed E-state index contributed by atoms with van der Waals surface area (Å²) in [5.41, 5.74) is 2.77. The van der Waals surface area contributed by atoms with Crippen LogP contribution >= 0.6 is 23.2 Å². The molecule has 8 heteroatoms. The molecule has 0 unspecified atom stereocenters. The first-order valence-corrected chi connectivity index (χ1v) is 10.5. The third-order valence-electron chi connectivity index (χ3n) is 4.88. The Labute approximate surface area is 162 Å². The normalized spacial score (nSPS) is 18.8. The second kappa shape index (κ2) is 6.15. The molecule has 0 fully saturated rings. The molecule has 2 aliphatic heterocycles. The van der Waals surface area contributed by atoms with Gasteiger partial charge in [-0.25, -0.2) is 8.42 Å². The summed E-state index contributed by atoms with van der Waals surface area (Å²) in [5.74, 6) is -0.312. The topological polar surface area (TPSA) is 66.5 Å². The lowest BCUT2D eigenvalue weighted by atomic mass is 9.97. The van der Waals surface area contributed by atoms with E-state index >= 15 is 0 Å². The van der Waals surface area contributed by atoms with E-state index in [2.05, 4.69) is 4.72 Å². The fraction of sp³-hybridized carbons (Fsp3) is 0.278. The molecule has 1 amide bonds. The molecule has 2 aromatic rings. The summed E-state index contributed by atoms with van der Waals surface area (Å²) in [6, 6.07) is 7.83. The SMILES string of the molecule is C[C@@H]1C(=O)N2CCCc3cc(S(=O)(=O)Nc4cc(Cl)ccc4Cl)cc1c32. The number of carbonyl (C=O) groups excluding carboxylic acids is 1. The number of benzene rings is 2. The lowest BCUT2D eigenvalue weighted by Gasteiger charge is -2.26. The van der Waals surface area contributed by atoms with Gasteiger partial charge >= 0.3 is 0 Å². The van der Waals surface area contributed by atoms with Crippen LogP contribution in [0.5, 0.6) is 0 Å². The number of rotatable bonds is 3. The summed E-state index contributed by atoms with van der Waals surface area (Å²) in [6.45, 7) is 2.50. The fourth-order valence-corrected chi connectivity index (χ4v) is 5.15. The largest absolute Gasteiger partial charge is 0.311 e. The molecule has 0 aliphatic carbocycles. The highest BCUT2D eigenvalue weighted by Crippen LogP contribution is 2.44. The minimum absolute atomic E-state index is 0.0290. The summed E-state index contributed by atoms with van der Waals surface area (Å²) >= 11 is 12.0. The molecule has 0 saturated carbocycles. The fourth-order valence-electron chi connectivity index (χ4n) is 3.60. The molecule has 0 spiro atoms. The van der Waals surface area contributed by atoms with Gasteiger partial charge in [0.1, 0.15) is 0 Å². The van der Waals surface area contributed by atoms with Gasteiger partial charge in [-0.3, -0.25) is 9.52 Å². The molecule has 1 N–H and O–H groups in total. The van der Waals surface area contributed by atoms with E-state index in [0.717, 1.165) is 29.7 Å². The molecule has 136 valence electrons. The highest BCUT2D eigenvalue weighted by Gasteiger charge is 2.38. The maximum Gasteiger partial charge on any atom is 0.261 e. The Morgan fingerprint density at radius 2 is 1.96 bits per heavy atom. The van der Waals surface area contributed by atoms with E-state index in [0.29, 0.717) is 11.6 Å². The van der Waals surface area contributed by atoms with Gasteiger partial charge in [0.2, 0.25) is 5.91 Å². The maximum absolute atomic E-state index is 12.9. The van der Waals surface area contributed by atoms with Crippen molar-refractivity contribution in [2.24, 2.45) is 0 Å². The molecule has 5 nitrogen and oxygen atoms in total. The van der Waals surface area contributed by atoms with Crippen molar-refractivity contribution in [1.82, 2.24) is 0 Å². The molecule has 1 atom stereocenters. The highest BCUT2D eigenvalue weighted by molar-refractivity contribution is 7.92. The molecule has 2 heterocycles. The van der Waals surface area contributed by atoms with Crippen molar-refractivity contribution in [1.29, 1.82) is 0 Å². The Bertz CT molecular complexity index is 1040. The molecule has 0 saturated heterocycles. The smallest absolute Gasteiger partial charge is 0.261 e. The van der Waals surface area contributed by atoms with Gasteiger partial charge in [0, 0.05) is 11.6 Å².